The van der Waals surface area contributed by atoms with E-state index in [9.17, 15) is 4.79 Å². The second-order valence-corrected chi connectivity index (χ2v) is 8.03. The molecule has 7 nitrogen and oxygen atoms in total. The summed E-state index contributed by atoms with van der Waals surface area (Å²) in [6.07, 6.45) is 0. The van der Waals surface area contributed by atoms with Crippen molar-refractivity contribution in [3.8, 4) is 22.0 Å². The molecule has 0 atom stereocenters. The third kappa shape index (κ3) is 3.56. The quantitative estimate of drug-likeness (QED) is 0.546. The number of nitrogens with one attached hydrogen (secondary N) is 2. The largest absolute Gasteiger partial charge is 0.340 e. The number of carbonyl (C=O) groups is 1. The highest BCUT2D eigenvalue weighted by molar-refractivity contribution is 7.16. The molecule has 1 aromatic carbocycles. The average molecular weight is 399 g/mol. The fourth-order valence-electron chi connectivity index (χ4n) is 2.66. The van der Waals surface area contributed by atoms with Crippen LogP contribution in [0.4, 0.5) is 4.79 Å². The Labute approximate surface area is 164 Å². The highest BCUT2D eigenvalue weighted by Crippen LogP contribution is 2.34. The molecule has 0 aliphatic heterocycles. The average Bonchev–Trinajstić information content (AvgIpc) is 3.37. The van der Waals surface area contributed by atoms with Crippen LogP contribution < -0.4 is 5.32 Å². The van der Waals surface area contributed by atoms with Crippen LogP contribution >= 0.6 is 22.7 Å². The third-order valence-corrected chi connectivity index (χ3v) is 5.77. The number of H-pyrrole nitrogens is 1. The van der Waals surface area contributed by atoms with Gasteiger partial charge in [-0.2, -0.15) is 0 Å². The minimum absolute atomic E-state index is 0.161. The number of hydrogen-bond acceptors (Lipinski definition) is 6. The Balaban J connectivity index is 1.74. The van der Waals surface area contributed by atoms with E-state index in [4.69, 9.17) is 4.98 Å². The fraction of sp³-hybridized carbons (Fsp3) is 0.222. The van der Waals surface area contributed by atoms with Gasteiger partial charge in [-0.05, 0) is 19.1 Å². The van der Waals surface area contributed by atoms with E-state index in [1.807, 2.05) is 29.9 Å². The molecule has 9 heteroatoms. The lowest BCUT2D eigenvalue weighted by Crippen LogP contribution is -2.34. The van der Waals surface area contributed by atoms with Crippen LogP contribution in [0, 0.1) is 6.92 Å². The van der Waals surface area contributed by atoms with E-state index < -0.39 is 0 Å². The molecule has 27 heavy (non-hydrogen) atoms. The molecule has 0 aliphatic rings. The summed E-state index contributed by atoms with van der Waals surface area (Å²) in [6.45, 7) is 2.28. The van der Waals surface area contributed by atoms with Crippen LogP contribution in [0.3, 0.4) is 0 Å². The van der Waals surface area contributed by atoms with Gasteiger partial charge in [0.25, 0.3) is 0 Å². The first-order valence-electron chi connectivity index (χ1n) is 8.31. The van der Waals surface area contributed by atoms with Gasteiger partial charge in [-0.3, -0.25) is 0 Å². The van der Waals surface area contributed by atoms with Gasteiger partial charge >= 0.3 is 6.03 Å². The Morgan fingerprint density at radius 3 is 2.85 bits per heavy atom. The van der Waals surface area contributed by atoms with Crippen LogP contribution in [0.2, 0.25) is 0 Å². The maximum atomic E-state index is 11.8. The van der Waals surface area contributed by atoms with Gasteiger partial charge in [0.05, 0.1) is 28.0 Å². The second-order valence-electron chi connectivity index (χ2n) is 6.29. The van der Waals surface area contributed by atoms with Gasteiger partial charge in [-0.1, -0.05) is 6.07 Å². The van der Waals surface area contributed by atoms with E-state index in [-0.39, 0.29) is 6.03 Å². The van der Waals surface area contributed by atoms with Gasteiger partial charge in [-0.15, -0.1) is 22.7 Å². The summed E-state index contributed by atoms with van der Waals surface area (Å²) in [5.41, 5.74) is 6.50. The predicted molar refractivity (Wildman–Crippen MR) is 109 cm³/mol. The molecule has 0 radical (unpaired) electrons. The van der Waals surface area contributed by atoms with Crippen molar-refractivity contribution in [1.82, 2.24) is 30.2 Å². The number of aromatic amines is 1. The molecule has 0 unspecified atom stereocenters. The van der Waals surface area contributed by atoms with Crippen LogP contribution in [-0.4, -0.2) is 45.0 Å². The molecule has 3 aromatic heterocycles. The van der Waals surface area contributed by atoms with Gasteiger partial charge in [0.15, 0.2) is 0 Å². The molecule has 0 aliphatic carbocycles. The molecule has 4 aromatic rings. The highest BCUT2D eigenvalue weighted by Gasteiger charge is 2.18. The Hall–Kier alpha value is -2.78. The number of benzene rings is 1. The van der Waals surface area contributed by atoms with Crippen molar-refractivity contribution in [2.75, 3.05) is 14.1 Å². The van der Waals surface area contributed by atoms with Crippen LogP contribution in [0.25, 0.3) is 32.2 Å². The SMILES string of the molecule is Cc1csc(-c2nc(CNC(=O)N(C)C)[nH]c2-c2ccc3ncsc3c2)n1. The maximum absolute atomic E-state index is 11.8. The van der Waals surface area contributed by atoms with Gasteiger partial charge in [-0.25, -0.2) is 19.7 Å². The number of hydrogen-bond donors (Lipinski definition) is 2. The molecule has 138 valence electrons. The topological polar surface area (TPSA) is 86.8 Å². The zero-order valence-corrected chi connectivity index (χ0v) is 16.7. The number of aromatic nitrogens is 4. The van der Waals surface area contributed by atoms with E-state index in [1.54, 1.807) is 36.8 Å². The number of amides is 2. The Morgan fingerprint density at radius 1 is 1.26 bits per heavy atom. The predicted octanol–water partition coefficient (Wildman–Crippen LogP) is 3.89. The molecule has 2 N–H and O–H groups in total. The maximum Gasteiger partial charge on any atom is 0.317 e. The van der Waals surface area contributed by atoms with Crippen molar-refractivity contribution in [1.29, 1.82) is 0 Å². The second kappa shape index (κ2) is 7.09. The zero-order valence-electron chi connectivity index (χ0n) is 15.1. The first-order chi connectivity index (χ1) is 13.0. The monoisotopic (exact) mass is 398 g/mol. The van der Waals surface area contributed by atoms with Gasteiger partial charge in [0.2, 0.25) is 0 Å². The lowest BCUT2D eigenvalue weighted by molar-refractivity contribution is 0.216. The molecular weight excluding hydrogens is 380 g/mol. The van der Waals surface area contributed by atoms with Crippen molar-refractivity contribution in [2.24, 2.45) is 0 Å². The summed E-state index contributed by atoms with van der Waals surface area (Å²) in [5, 5.41) is 5.70. The smallest absolute Gasteiger partial charge is 0.317 e. The van der Waals surface area contributed by atoms with Crippen LogP contribution in [0.15, 0.2) is 29.1 Å². The molecule has 3 heterocycles. The van der Waals surface area contributed by atoms with E-state index in [0.717, 1.165) is 37.9 Å². The van der Waals surface area contributed by atoms with Crippen molar-refractivity contribution < 1.29 is 4.79 Å². The van der Waals surface area contributed by atoms with Crippen LogP contribution in [0.5, 0.6) is 0 Å². The Kier molecular flexibility index (Phi) is 4.63. The number of urea groups is 1. The lowest BCUT2D eigenvalue weighted by atomic mass is 10.1. The summed E-state index contributed by atoms with van der Waals surface area (Å²) >= 11 is 3.17. The minimum atomic E-state index is -0.161. The van der Waals surface area contributed by atoms with E-state index >= 15 is 0 Å². The van der Waals surface area contributed by atoms with Crippen molar-refractivity contribution in [2.45, 2.75) is 13.5 Å². The molecule has 0 fully saturated rings. The Bertz CT molecular complexity index is 1110. The highest BCUT2D eigenvalue weighted by atomic mass is 32.1. The van der Waals surface area contributed by atoms with E-state index in [2.05, 4.69) is 26.3 Å². The molecule has 2 amide bonds. The standard InChI is InChI=1S/C18H18N6OS2/c1-10-8-26-17(21-10)16-15(11-4-5-12-13(6-11)27-9-20-12)22-14(23-16)7-19-18(25)24(2)3/h4-6,8-9H,7H2,1-3H3,(H,19,25)(H,22,23). The van der Waals surface area contributed by atoms with Crippen molar-refractivity contribution >= 4 is 38.9 Å². The van der Waals surface area contributed by atoms with Crippen molar-refractivity contribution in [3.05, 3.63) is 40.6 Å². The Morgan fingerprint density at radius 2 is 2.11 bits per heavy atom. The molecule has 0 saturated carbocycles. The fourth-order valence-corrected chi connectivity index (χ4v) is 4.17. The molecule has 4 rings (SSSR count). The zero-order chi connectivity index (χ0) is 19.0. The summed E-state index contributed by atoms with van der Waals surface area (Å²) in [4.78, 5) is 30.3. The molecule has 0 saturated heterocycles. The van der Waals surface area contributed by atoms with Crippen LogP contribution in [0.1, 0.15) is 11.5 Å². The number of aryl methyl sites for hydroxylation is 1. The lowest BCUT2D eigenvalue weighted by Gasteiger charge is -2.10. The number of nitrogens with zero attached hydrogens (tertiary/aromatic N) is 4. The first kappa shape index (κ1) is 17.6. The number of rotatable bonds is 4. The first-order valence-corrected chi connectivity index (χ1v) is 10.1. The number of thiazole rings is 2. The number of fused-ring (bicyclic) bond motifs is 1. The summed E-state index contributed by atoms with van der Waals surface area (Å²) in [6, 6.07) is 5.98. The van der Waals surface area contributed by atoms with Gasteiger partial charge in [0, 0.05) is 30.7 Å². The number of imidazole rings is 1. The third-order valence-electron chi connectivity index (χ3n) is 4.01. The van der Waals surface area contributed by atoms with Crippen molar-refractivity contribution in [3.63, 3.8) is 0 Å². The number of carbonyl (C=O) groups excluding carboxylic acids is 1. The van der Waals surface area contributed by atoms with E-state index in [0.29, 0.717) is 12.4 Å². The normalized spacial score (nSPS) is 11.1. The summed E-state index contributed by atoms with van der Waals surface area (Å²) < 4.78 is 1.12. The van der Waals surface area contributed by atoms with Gasteiger partial charge < -0.3 is 15.2 Å². The molecule has 0 spiro atoms. The molecular formula is C18H18N6OS2. The minimum Gasteiger partial charge on any atom is -0.340 e. The molecule has 0 bridgehead atoms. The van der Waals surface area contributed by atoms with Crippen LogP contribution in [-0.2, 0) is 6.54 Å². The van der Waals surface area contributed by atoms with E-state index in [1.165, 1.54) is 4.90 Å². The summed E-state index contributed by atoms with van der Waals surface area (Å²) in [7, 11) is 3.41. The summed E-state index contributed by atoms with van der Waals surface area (Å²) in [5.74, 6) is 0.687. The van der Waals surface area contributed by atoms with Gasteiger partial charge in [0.1, 0.15) is 16.5 Å².